The molecule has 0 spiro atoms. The van der Waals surface area contributed by atoms with Crippen LogP contribution in [-0.4, -0.2) is 15.0 Å². The molecule has 0 unspecified atom stereocenters. The van der Waals surface area contributed by atoms with Crippen molar-refractivity contribution in [3.8, 4) is 5.75 Å². The van der Waals surface area contributed by atoms with Gasteiger partial charge in [-0.3, -0.25) is 0 Å². The lowest BCUT2D eigenvalue weighted by atomic mass is 10.2. The molecule has 1 aromatic carbocycles. The minimum absolute atomic E-state index is 0.361. The van der Waals surface area contributed by atoms with Gasteiger partial charge in [0.1, 0.15) is 12.4 Å². The highest BCUT2D eigenvalue weighted by Gasteiger charge is 2.02. The molecule has 0 saturated carbocycles. The fourth-order valence-corrected chi connectivity index (χ4v) is 2.35. The van der Waals surface area contributed by atoms with Crippen molar-refractivity contribution < 1.29 is 4.74 Å². The Morgan fingerprint density at radius 3 is 3.11 bits per heavy atom. The number of nitrogens with zero attached hydrogens (tertiary/aromatic N) is 2. The van der Waals surface area contributed by atoms with Gasteiger partial charge in [-0.05, 0) is 19.1 Å². The summed E-state index contributed by atoms with van der Waals surface area (Å²) in [5, 5.41) is 3.87. The second kappa shape index (κ2) is 4.81. The number of aromatic amines is 1. The summed E-state index contributed by atoms with van der Waals surface area (Å²) in [6, 6.07) is 5.50. The van der Waals surface area contributed by atoms with Crippen molar-refractivity contribution in [2.45, 2.75) is 13.5 Å². The number of hydrogen-bond donors (Lipinski definition) is 1. The highest BCUT2D eigenvalue weighted by Crippen LogP contribution is 2.19. The van der Waals surface area contributed by atoms with Gasteiger partial charge in [0.25, 0.3) is 0 Å². The third-order valence-corrected chi connectivity index (χ3v) is 3.46. The zero-order valence-electron chi connectivity index (χ0n) is 10.2. The Hall–Kier alpha value is -2.21. The molecule has 0 aliphatic heterocycles. The predicted octanol–water partition coefficient (Wildman–Crippen LogP) is 2.27. The summed E-state index contributed by atoms with van der Waals surface area (Å²) in [7, 11) is 0. The molecule has 1 N–H and O–H groups in total. The minimum Gasteiger partial charge on any atom is -0.487 e. The van der Waals surface area contributed by atoms with Gasteiger partial charge in [0, 0.05) is 23.0 Å². The number of aromatic nitrogens is 3. The summed E-state index contributed by atoms with van der Waals surface area (Å²) in [6.07, 6.45) is 1.54. The molecule has 0 atom stereocenters. The molecule has 2 heterocycles. The number of benzene rings is 1. The van der Waals surface area contributed by atoms with E-state index in [0.29, 0.717) is 17.9 Å². The van der Waals surface area contributed by atoms with Crippen molar-refractivity contribution in [1.82, 2.24) is 15.0 Å². The lowest BCUT2D eigenvalue weighted by molar-refractivity contribution is 0.302. The van der Waals surface area contributed by atoms with E-state index in [1.165, 1.54) is 0 Å². The van der Waals surface area contributed by atoms with E-state index >= 15 is 0 Å². The fraction of sp³-hybridized carbons (Fsp3) is 0.154. The number of ether oxygens (including phenoxy) is 1. The molecule has 0 aliphatic rings. The van der Waals surface area contributed by atoms with E-state index in [0.717, 1.165) is 16.1 Å². The van der Waals surface area contributed by atoms with Crippen LogP contribution >= 0.6 is 11.3 Å². The van der Waals surface area contributed by atoms with Gasteiger partial charge in [0.2, 0.25) is 0 Å². The average molecular weight is 273 g/mol. The molecule has 3 rings (SSSR count). The van der Waals surface area contributed by atoms with Crippen molar-refractivity contribution in [2.75, 3.05) is 0 Å². The van der Waals surface area contributed by atoms with Gasteiger partial charge in [-0.2, -0.15) is 0 Å². The average Bonchev–Trinajstić information content (AvgIpc) is 2.81. The van der Waals surface area contributed by atoms with Crippen LogP contribution in [0, 0.1) is 6.92 Å². The SMILES string of the molecule is Cc1nc(COc2ccc3cnc(=O)[nH]c3c2)cs1. The van der Waals surface area contributed by atoms with Gasteiger partial charge in [0.15, 0.2) is 0 Å². The lowest BCUT2D eigenvalue weighted by Gasteiger charge is -2.05. The van der Waals surface area contributed by atoms with Gasteiger partial charge in [-0.15, -0.1) is 11.3 Å². The first-order valence-corrected chi connectivity index (χ1v) is 6.61. The van der Waals surface area contributed by atoms with Crippen molar-refractivity contribution in [3.63, 3.8) is 0 Å². The maximum absolute atomic E-state index is 11.2. The number of H-pyrrole nitrogens is 1. The highest BCUT2D eigenvalue weighted by molar-refractivity contribution is 7.09. The number of thiazole rings is 1. The van der Waals surface area contributed by atoms with Crippen molar-refractivity contribution in [3.05, 3.63) is 51.0 Å². The van der Waals surface area contributed by atoms with Crippen LogP contribution in [0.15, 0.2) is 34.6 Å². The molecule has 96 valence electrons. The van der Waals surface area contributed by atoms with Gasteiger partial charge in [-0.1, -0.05) is 0 Å². The quantitative estimate of drug-likeness (QED) is 0.795. The molecule has 0 amide bonds. The van der Waals surface area contributed by atoms with E-state index in [1.807, 2.05) is 24.4 Å². The topological polar surface area (TPSA) is 67.9 Å². The summed E-state index contributed by atoms with van der Waals surface area (Å²) in [6.45, 7) is 2.38. The Morgan fingerprint density at radius 2 is 2.32 bits per heavy atom. The second-order valence-electron chi connectivity index (χ2n) is 4.08. The van der Waals surface area contributed by atoms with Crippen molar-refractivity contribution >= 4 is 22.2 Å². The summed E-state index contributed by atoms with van der Waals surface area (Å²) >= 11 is 1.60. The fourth-order valence-electron chi connectivity index (χ4n) is 1.75. The summed E-state index contributed by atoms with van der Waals surface area (Å²) in [5.74, 6) is 0.694. The van der Waals surface area contributed by atoms with Gasteiger partial charge in [-0.25, -0.2) is 14.8 Å². The first-order chi connectivity index (χ1) is 9.20. The summed E-state index contributed by atoms with van der Waals surface area (Å²) in [4.78, 5) is 21.8. The molecule has 3 aromatic rings. The molecule has 2 aromatic heterocycles. The molecule has 6 heteroatoms. The van der Waals surface area contributed by atoms with Gasteiger partial charge in [0.05, 0.1) is 16.2 Å². The van der Waals surface area contributed by atoms with Crippen LogP contribution in [0.4, 0.5) is 0 Å². The molecule has 0 radical (unpaired) electrons. The van der Waals surface area contributed by atoms with Crippen LogP contribution in [0.5, 0.6) is 5.75 Å². The third-order valence-electron chi connectivity index (χ3n) is 2.64. The summed E-state index contributed by atoms with van der Waals surface area (Å²) in [5.41, 5.74) is 1.26. The van der Waals surface area contributed by atoms with E-state index in [1.54, 1.807) is 23.6 Å². The second-order valence-corrected chi connectivity index (χ2v) is 5.15. The van der Waals surface area contributed by atoms with Crippen LogP contribution in [0.2, 0.25) is 0 Å². The van der Waals surface area contributed by atoms with Crippen LogP contribution in [-0.2, 0) is 6.61 Å². The molecule has 5 nitrogen and oxygen atoms in total. The summed E-state index contributed by atoms with van der Waals surface area (Å²) < 4.78 is 5.66. The Kier molecular flexibility index (Phi) is 3.00. The van der Waals surface area contributed by atoms with Crippen molar-refractivity contribution in [1.29, 1.82) is 0 Å². The Morgan fingerprint density at radius 1 is 1.42 bits per heavy atom. The molecule has 19 heavy (non-hydrogen) atoms. The van der Waals surface area contributed by atoms with E-state index in [2.05, 4.69) is 15.0 Å². The van der Waals surface area contributed by atoms with Crippen LogP contribution in [0.25, 0.3) is 10.9 Å². The number of nitrogens with one attached hydrogen (secondary N) is 1. The highest BCUT2D eigenvalue weighted by atomic mass is 32.1. The monoisotopic (exact) mass is 273 g/mol. The predicted molar refractivity (Wildman–Crippen MR) is 73.5 cm³/mol. The minimum atomic E-state index is -0.361. The third kappa shape index (κ3) is 2.63. The molecule has 0 aliphatic carbocycles. The smallest absolute Gasteiger partial charge is 0.345 e. The van der Waals surface area contributed by atoms with E-state index in [4.69, 9.17) is 4.74 Å². The van der Waals surface area contributed by atoms with Crippen LogP contribution in [0.1, 0.15) is 10.7 Å². The van der Waals surface area contributed by atoms with Crippen LogP contribution in [0.3, 0.4) is 0 Å². The first-order valence-electron chi connectivity index (χ1n) is 5.73. The zero-order chi connectivity index (χ0) is 13.2. The van der Waals surface area contributed by atoms with Gasteiger partial charge < -0.3 is 9.72 Å². The molecular weight excluding hydrogens is 262 g/mol. The number of aryl methyl sites for hydroxylation is 1. The molecular formula is C13H11N3O2S. The normalized spacial score (nSPS) is 10.8. The lowest BCUT2D eigenvalue weighted by Crippen LogP contribution is -2.08. The van der Waals surface area contributed by atoms with E-state index in [9.17, 15) is 4.79 Å². The number of fused-ring (bicyclic) bond motifs is 1. The van der Waals surface area contributed by atoms with Crippen LogP contribution < -0.4 is 10.4 Å². The first kappa shape index (κ1) is 11.9. The largest absolute Gasteiger partial charge is 0.487 e. The Bertz CT molecular complexity index is 779. The van der Waals surface area contributed by atoms with E-state index < -0.39 is 0 Å². The van der Waals surface area contributed by atoms with E-state index in [-0.39, 0.29) is 5.69 Å². The maximum atomic E-state index is 11.2. The molecule has 0 fully saturated rings. The number of rotatable bonds is 3. The standard InChI is InChI=1S/C13H11N3O2S/c1-8-15-10(7-19-8)6-18-11-3-2-9-5-14-13(17)16-12(9)4-11/h2-5,7H,6H2,1H3,(H,14,16,17). The van der Waals surface area contributed by atoms with Gasteiger partial charge >= 0.3 is 5.69 Å². The molecule has 0 bridgehead atoms. The number of hydrogen-bond acceptors (Lipinski definition) is 5. The van der Waals surface area contributed by atoms with Crippen molar-refractivity contribution in [2.24, 2.45) is 0 Å². The zero-order valence-corrected chi connectivity index (χ0v) is 11.0. The Balaban J connectivity index is 1.83. The maximum Gasteiger partial charge on any atom is 0.345 e. The Labute approximate surface area is 112 Å². The molecule has 0 saturated heterocycles.